The molecular formula is C36H48N2O2S. The summed E-state index contributed by atoms with van der Waals surface area (Å²) >= 11 is 1.78. The Balaban J connectivity index is 1.52. The van der Waals surface area contributed by atoms with Crippen molar-refractivity contribution in [3.8, 4) is 0 Å². The quantitative estimate of drug-likeness (QED) is 0.204. The lowest BCUT2D eigenvalue weighted by Gasteiger charge is -2.38. The van der Waals surface area contributed by atoms with Crippen LogP contribution in [0.5, 0.6) is 0 Å². The minimum atomic E-state index is -0.123. The van der Waals surface area contributed by atoms with E-state index in [0.29, 0.717) is 18.7 Å². The number of rotatable bonds is 12. The highest BCUT2D eigenvalue weighted by Gasteiger charge is 2.34. The van der Waals surface area contributed by atoms with Gasteiger partial charge in [0.25, 0.3) is 5.91 Å². The number of nitrogens with zero attached hydrogens (tertiary/aromatic N) is 2. The number of aryl methyl sites for hydroxylation is 1. The molecule has 1 unspecified atom stereocenters. The molecule has 4 rings (SSSR count). The molecule has 0 saturated heterocycles. The van der Waals surface area contributed by atoms with E-state index in [0.717, 1.165) is 31.2 Å². The molecule has 1 aliphatic heterocycles. The molecule has 2 amide bonds. The molecular weight excluding hydrogens is 524 g/mol. The molecule has 2 heterocycles. The maximum atomic E-state index is 14.0. The van der Waals surface area contributed by atoms with E-state index < -0.39 is 0 Å². The zero-order chi connectivity index (χ0) is 29.4. The molecule has 0 fully saturated rings. The van der Waals surface area contributed by atoms with Crippen molar-refractivity contribution in [1.82, 2.24) is 9.80 Å². The number of unbranched alkanes of at least 4 members (excludes halogenated alkanes) is 4. The largest absolute Gasteiger partial charge is 0.330 e. The van der Waals surface area contributed by atoms with Gasteiger partial charge in [0.2, 0.25) is 5.91 Å². The van der Waals surface area contributed by atoms with Crippen LogP contribution in [0.2, 0.25) is 0 Å². The standard InChI is InChI=1S/C36H48N2O2S/c1-6-8-10-11-12-27-13-15-29(16-14-27)35(40)37(23-9-7-2)26-33(39)38-24-21-32-31(22-25-41-32)34(38)28-17-19-30(20-18-28)36(3,4)5/h13-20,22,25,34H,6-12,21,23-24,26H2,1-5H3. The fourth-order valence-electron chi connectivity index (χ4n) is 5.72. The van der Waals surface area contributed by atoms with Gasteiger partial charge < -0.3 is 9.80 Å². The lowest BCUT2D eigenvalue weighted by atomic mass is 9.85. The first-order chi connectivity index (χ1) is 19.7. The molecule has 5 heteroatoms. The van der Waals surface area contributed by atoms with Gasteiger partial charge in [-0.3, -0.25) is 9.59 Å². The second-order valence-corrected chi connectivity index (χ2v) is 13.5. The number of carbonyl (C=O) groups excluding carboxylic acids is 2. The summed E-state index contributed by atoms with van der Waals surface area (Å²) in [4.78, 5) is 32.8. The number of carbonyl (C=O) groups is 2. The van der Waals surface area contributed by atoms with Crippen molar-refractivity contribution >= 4 is 23.2 Å². The molecule has 0 radical (unpaired) electrons. The summed E-state index contributed by atoms with van der Waals surface area (Å²) in [6.07, 6.45) is 8.68. The van der Waals surface area contributed by atoms with Crippen LogP contribution in [0.4, 0.5) is 0 Å². The lowest BCUT2D eigenvalue weighted by molar-refractivity contribution is -0.134. The van der Waals surface area contributed by atoms with Gasteiger partial charge in [0.1, 0.15) is 6.54 Å². The SMILES string of the molecule is CCCCCCc1ccc(C(=O)N(CCCC)CC(=O)N2CCc3sccc3C2c2ccc(C(C)(C)C)cc2)cc1. The van der Waals surface area contributed by atoms with Gasteiger partial charge in [0.15, 0.2) is 0 Å². The van der Waals surface area contributed by atoms with E-state index in [4.69, 9.17) is 0 Å². The summed E-state index contributed by atoms with van der Waals surface area (Å²) in [6.45, 7) is 12.4. The minimum Gasteiger partial charge on any atom is -0.330 e. The molecule has 0 saturated carbocycles. The normalized spacial score (nSPS) is 15.0. The van der Waals surface area contributed by atoms with E-state index >= 15 is 0 Å². The first-order valence-electron chi connectivity index (χ1n) is 15.6. The van der Waals surface area contributed by atoms with E-state index in [-0.39, 0.29) is 29.8 Å². The number of thiophene rings is 1. The Hall–Kier alpha value is -2.92. The molecule has 0 spiro atoms. The highest BCUT2D eigenvalue weighted by Crippen LogP contribution is 2.38. The lowest BCUT2D eigenvalue weighted by Crippen LogP contribution is -2.47. The first kappa shape index (κ1) is 31.0. The highest BCUT2D eigenvalue weighted by atomic mass is 32.1. The summed E-state index contributed by atoms with van der Waals surface area (Å²) in [5.74, 6) is -0.0348. The van der Waals surface area contributed by atoms with Gasteiger partial charge in [-0.25, -0.2) is 0 Å². The van der Waals surface area contributed by atoms with Crippen molar-refractivity contribution < 1.29 is 9.59 Å². The van der Waals surface area contributed by atoms with Gasteiger partial charge in [-0.2, -0.15) is 0 Å². The number of hydrogen-bond donors (Lipinski definition) is 0. The molecule has 0 bridgehead atoms. The second-order valence-electron chi connectivity index (χ2n) is 12.5. The Labute approximate surface area is 251 Å². The molecule has 1 atom stereocenters. The van der Waals surface area contributed by atoms with Crippen molar-refractivity contribution in [2.75, 3.05) is 19.6 Å². The third-order valence-electron chi connectivity index (χ3n) is 8.29. The number of hydrogen-bond acceptors (Lipinski definition) is 3. The van der Waals surface area contributed by atoms with Gasteiger partial charge in [0.05, 0.1) is 6.04 Å². The Bertz CT molecular complexity index is 1270. The van der Waals surface area contributed by atoms with E-state index in [1.54, 1.807) is 16.2 Å². The molecule has 220 valence electrons. The monoisotopic (exact) mass is 572 g/mol. The van der Waals surface area contributed by atoms with Crippen molar-refractivity contribution in [1.29, 1.82) is 0 Å². The minimum absolute atomic E-state index is 0.0174. The average molecular weight is 573 g/mol. The maximum Gasteiger partial charge on any atom is 0.254 e. The smallest absolute Gasteiger partial charge is 0.254 e. The van der Waals surface area contributed by atoms with E-state index in [9.17, 15) is 9.59 Å². The molecule has 2 aromatic carbocycles. The van der Waals surface area contributed by atoms with Crippen LogP contribution >= 0.6 is 11.3 Å². The average Bonchev–Trinajstić information content (AvgIpc) is 3.45. The fourth-order valence-corrected chi connectivity index (χ4v) is 6.62. The van der Waals surface area contributed by atoms with Gasteiger partial charge >= 0.3 is 0 Å². The Morgan fingerprint density at radius 2 is 1.61 bits per heavy atom. The predicted molar refractivity (Wildman–Crippen MR) is 172 cm³/mol. The van der Waals surface area contributed by atoms with E-state index in [1.165, 1.54) is 47.3 Å². The van der Waals surface area contributed by atoms with Crippen molar-refractivity contribution in [2.24, 2.45) is 0 Å². The summed E-state index contributed by atoms with van der Waals surface area (Å²) in [7, 11) is 0. The van der Waals surface area contributed by atoms with Gasteiger partial charge in [-0.05, 0) is 76.9 Å². The van der Waals surface area contributed by atoms with E-state index in [1.807, 2.05) is 17.0 Å². The van der Waals surface area contributed by atoms with Gasteiger partial charge in [-0.1, -0.05) is 96.7 Å². The molecule has 1 aliphatic rings. The zero-order valence-electron chi connectivity index (χ0n) is 25.7. The summed E-state index contributed by atoms with van der Waals surface area (Å²) in [5, 5.41) is 2.14. The molecule has 0 N–H and O–H groups in total. The van der Waals surface area contributed by atoms with Crippen LogP contribution in [0.15, 0.2) is 60.0 Å². The van der Waals surface area contributed by atoms with Crippen LogP contribution in [-0.4, -0.2) is 41.2 Å². The van der Waals surface area contributed by atoms with Crippen molar-refractivity contribution in [3.63, 3.8) is 0 Å². The van der Waals surface area contributed by atoms with Crippen LogP contribution in [-0.2, 0) is 23.1 Å². The fraction of sp³-hybridized carbons (Fsp3) is 0.500. The third kappa shape index (κ3) is 7.88. The van der Waals surface area contributed by atoms with Crippen LogP contribution in [0.1, 0.15) is 117 Å². The van der Waals surface area contributed by atoms with E-state index in [2.05, 4.69) is 82.5 Å². The summed E-state index contributed by atoms with van der Waals surface area (Å²) in [6, 6.07) is 18.9. The van der Waals surface area contributed by atoms with Crippen molar-refractivity contribution in [3.05, 3.63) is 92.7 Å². The van der Waals surface area contributed by atoms with Crippen LogP contribution in [0.25, 0.3) is 0 Å². The Morgan fingerprint density at radius 3 is 2.27 bits per heavy atom. The molecule has 3 aromatic rings. The number of fused-ring (bicyclic) bond motifs is 1. The zero-order valence-corrected chi connectivity index (χ0v) is 26.6. The molecule has 4 nitrogen and oxygen atoms in total. The molecule has 0 aliphatic carbocycles. The van der Waals surface area contributed by atoms with Crippen LogP contribution in [0.3, 0.4) is 0 Å². The third-order valence-corrected chi connectivity index (χ3v) is 9.29. The summed E-state index contributed by atoms with van der Waals surface area (Å²) < 4.78 is 0. The predicted octanol–water partition coefficient (Wildman–Crippen LogP) is 8.59. The Kier molecular flexibility index (Phi) is 10.8. The van der Waals surface area contributed by atoms with Gasteiger partial charge in [0, 0.05) is 23.5 Å². The number of benzene rings is 2. The molecule has 1 aromatic heterocycles. The van der Waals surface area contributed by atoms with Crippen LogP contribution in [0, 0.1) is 0 Å². The maximum absolute atomic E-state index is 14.0. The summed E-state index contributed by atoms with van der Waals surface area (Å²) in [5.41, 5.74) is 5.64. The van der Waals surface area contributed by atoms with Crippen LogP contribution < -0.4 is 0 Å². The highest BCUT2D eigenvalue weighted by molar-refractivity contribution is 7.10. The molecule has 41 heavy (non-hydrogen) atoms. The van der Waals surface area contributed by atoms with Gasteiger partial charge in [-0.15, -0.1) is 11.3 Å². The van der Waals surface area contributed by atoms with Crippen molar-refractivity contribution in [2.45, 2.75) is 97.4 Å². The Morgan fingerprint density at radius 1 is 0.902 bits per heavy atom. The topological polar surface area (TPSA) is 40.6 Å². The second kappa shape index (κ2) is 14.3. The number of amides is 2. The first-order valence-corrected chi connectivity index (χ1v) is 16.4.